The number of amides is 2. The highest BCUT2D eigenvalue weighted by atomic mass is 16.5. The predicted octanol–water partition coefficient (Wildman–Crippen LogP) is 1.82. The second-order valence-electron chi connectivity index (χ2n) is 5.35. The summed E-state index contributed by atoms with van der Waals surface area (Å²) in [6.07, 6.45) is 4.00. The number of benzene rings is 1. The topological polar surface area (TPSA) is 70.7 Å². The summed E-state index contributed by atoms with van der Waals surface area (Å²) < 4.78 is 5.04. The quantitative estimate of drug-likeness (QED) is 0.870. The molecule has 0 unspecified atom stereocenters. The highest BCUT2D eigenvalue weighted by Gasteiger charge is 2.12. The SMILES string of the molecule is O=C(CNC(=O)OCc1ccccc1)NN1CCCCCC1. The molecular weight excluding hydrogens is 282 g/mol. The molecule has 0 atom stereocenters. The zero-order valence-electron chi connectivity index (χ0n) is 12.7. The summed E-state index contributed by atoms with van der Waals surface area (Å²) in [5, 5.41) is 4.38. The Morgan fingerprint density at radius 1 is 1.05 bits per heavy atom. The van der Waals surface area contributed by atoms with Crippen LogP contribution in [-0.4, -0.2) is 36.6 Å². The molecule has 0 aromatic heterocycles. The molecule has 1 saturated heterocycles. The van der Waals surface area contributed by atoms with Crippen LogP contribution in [-0.2, 0) is 16.1 Å². The van der Waals surface area contributed by atoms with E-state index < -0.39 is 6.09 Å². The average Bonchev–Trinajstić information content (AvgIpc) is 2.80. The third-order valence-electron chi connectivity index (χ3n) is 3.49. The smallest absolute Gasteiger partial charge is 0.407 e. The number of ether oxygens (including phenoxy) is 1. The average molecular weight is 305 g/mol. The van der Waals surface area contributed by atoms with E-state index in [2.05, 4.69) is 10.7 Å². The Kier molecular flexibility index (Phi) is 6.70. The Labute approximate surface area is 130 Å². The largest absolute Gasteiger partial charge is 0.445 e. The van der Waals surface area contributed by atoms with Gasteiger partial charge in [0.2, 0.25) is 0 Å². The second-order valence-corrected chi connectivity index (χ2v) is 5.35. The molecule has 2 amide bonds. The normalized spacial score (nSPS) is 15.6. The maximum atomic E-state index is 11.8. The Hall–Kier alpha value is -2.08. The van der Waals surface area contributed by atoms with Crippen LogP contribution in [0.15, 0.2) is 30.3 Å². The van der Waals surface area contributed by atoms with Crippen molar-refractivity contribution in [2.24, 2.45) is 0 Å². The van der Waals surface area contributed by atoms with Crippen molar-refractivity contribution >= 4 is 12.0 Å². The van der Waals surface area contributed by atoms with Gasteiger partial charge in [-0.25, -0.2) is 9.80 Å². The Bertz CT molecular complexity index is 471. The first-order valence-corrected chi connectivity index (χ1v) is 7.73. The number of alkyl carbamates (subject to hydrolysis) is 1. The maximum Gasteiger partial charge on any atom is 0.407 e. The Balaban J connectivity index is 1.61. The Morgan fingerprint density at radius 2 is 1.73 bits per heavy atom. The Morgan fingerprint density at radius 3 is 2.41 bits per heavy atom. The lowest BCUT2D eigenvalue weighted by molar-refractivity contribution is -0.125. The molecule has 1 aromatic carbocycles. The molecular formula is C16H23N3O3. The summed E-state index contributed by atoms with van der Waals surface area (Å²) in [6, 6.07) is 9.41. The highest BCUT2D eigenvalue weighted by molar-refractivity contribution is 5.81. The number of carbonyl (C=O) groups is 2. The molecule has 1 aliphatic rings. The molecule has 0 aliphatic carbocycles. The van der Waals surface area contributed by atoms with Crippen LogP contribution in [0, 0.1) is 0 Å². The molecule has 6 nitrogen and oxygen atoms in total. The number of rotatable bonds is 5. The van der Waals surface area contributed by atoms with Crippen molar-refractivity contribution in [3.05, 3.63) is 35.9 Å². The van der Waals surface area contributed by atoms with E-state index in [1.165, 1.54) is 12.8 Å². The predicted molar refractivity (Wildman–Crippen MR) is 82.8 cm³/mol. The van der Waals surface area contributed by atoms with Gasteiger partial charge in [0.05, 0.1) is 0 Å². The van der Waals surface area contributed by atoms with Gasteiger partial charge in [0.1, 0.15) is 13.2 Å². The fraction of sp³-hybridized carbons (Fsp3) is 0.500. The van der Waals surface area contributed by atoms with Crippen molar-refractivity contribution in [1.82, 2.24) is 15.8 Å². The first-order chi connectivity index (χ1) is 10.7. The summed E-state index contributed by atoms with van der Waals surface area (Å²) >= 11 is 0. The van der Waals surface area contributed by atoms with Crippen molar-refractivity contribution in [3.8, 4) is 0 Å². The van der Waals surface area contributed by atoms with E-state index in [-0.39, 0.29) is 19.1 Å². The molecule has 0 bridgehead atoms. The first kappa shape index (κ1) is 16.3. The van der Waals surface area contributed by atoms with Crippen LogP contribution in [0.1, 0.15) is 31.2 Å². The maximum absolute atomic E-state index is 11.8. The minimum absolute atomic E-state index is 0.0792. The highest BCUT2D eigenvalue weighted by Crippen LogP contribution is 2.07. The van der Waals surface area contributed by atoms with Gasteiger partial charge in [-0.1, -0.05) is 43.2 Å². The summed E-state index contributed by atoms with van der Waals surface area (Å²) in [6.45, 7) is 1.85. The zero-order valence-corrected chi connectivity index (χ0v) is 12.7. The van der Waals surface area contributed by atoms with Crippen LogP contribution in [0.3, 0.4) is 0 Å². The minimum atomic E-state index is -0.588. The van der Waals surface area contributed by atoms with E-state index in [4.69, 9.17) is 4.74 Å². The summed E-state index contributed by atoms with van der Waals surface area (Å²) in [5.41, 5.74) is 3.72. The van der Waals surface area contributed by atoms with Gasteiger partial charge in [0, 0.05) is 13.1 Å². The van der Waals surface area contributed by atoms with Gasteiger partial charge < -0.3 is 10.1 Å². The molecule has 0 saturated carbocycles. The van der Waals surface area contributed by atoms with E-state index in [1.54, 1.807) is 0 Å². The molecule has 120 valence electrons. The van der Waals surface area contributed by atoms with Gasteiger partial charge in [0.25, 0.3) is 5.91 Å². The molecule has 1 heterocycles. The molecule has 2 N–H and O–H groups in total. The first-order valence-electron chi connectivity index (χ1n) is 7.73. The number of hydrogen-bond acceptors (Lipinski definition) is 4. The summed E-state index contributed by atoms with van der Waals surface area (Å²) in [7, 11) is 0. The molecule has 1 aromatic rings. The lowest BCUT2D eigenvalue weighted by atomic mass is 10.2. The van der Waals surface area contributed by atoms with Crippen molar-refractivity contribution < 1.29 is 14.3 Å². The standard InChI is InChI=1S/C16H23N3O3/c20-15(18-19-10-6-1-2-7-11-19)12-17-16(21)22-13-14-8-4-3-5-9-14/h3-5,8-9H,1-2,6-7,10-13H2,(H,17,21)(H,18,20). The lowest BCUT2D eigenvalue weighted by Crippen LogP contribution is -2.47. The van der Waals surface area contributed by atoms with Crippen LogP contribution in [0.4, 0.5) is 4.79 Å². The number of hydrazine groups is 1. The molecule has 1 fully saturated rings. The third-order valence-corrected chi connectivity index (χ3v) is 3.49. The molecule has 6 heteroatoms. The van der Waals surface area contributed by atoms with E-state index in [9.17, 15) is 9.59 Å². The van der Waals surface area contributed by atoms with E-state index in [1.807, 2.05) is 35.3 Å². The van der Waals surface area contributed by atoms with Crippen molar-refractivity contribution in [2.45, 2.75) is 32.3 Å². The van der Waals surface area contributed by atoms with Crippen molar-refractivity contribution in [3.63, 3.8) is 0 Å². The van der Waals surface area contributed by atoms with Crippen LogP contribution >= 0.6 is 0 Å². The van der Waals surface area contributed by atoms with Crippen molar-refractivity contribution in [1.29, 1.82) is 0 Å². The molecule has 2 rings (SSSR count). The number of hydrogen-bond donors (Lipinski definition) is 2. The van der Waals surface area contributed by atoms with E-state index in [0.717, 1.165) is 31.5 Å². The number of nitrogens with zero attached hydrogens (tertiary/aromatic N) is 1. The van der Waals surface area contributed by atoms with Crippen LogP contribution in [0.5, 0.6) is 0 Å². The van der Waals surface area contributed by atoms with Gasteiger partial charge >= 0.3 is 6.09 Å². The number of nitrogens with one attached hydrogen (secondary N) is 2. The van der Waals surface area contributed by atoms with Crippen LogP contribution < -0.4 is 10.7 Å². The van der Waals surface area contributed by atoms with Crippen LogP contribution in [0.25, 0.3) is 0 Å². The van der Waals surface area contributed by atoms with E-state index in [0.29, 0.717) is 0 Å². The van der Waals surface area contributed by atoms with Gasteiger partial charge in [-0.15, -0.1) is 0 Å². The van der Waals surface area contributed by atoms with E-state index >= 15 is 0 Å². The number of carbonyl (C=O) groups excluding carboxylic acids is 2. The molecule has 0 radical (unpaired) electrons. The monoisotopic (exact) mass is 305 g/mol. The van der Waals surface area contributed by atoms with Gasteiger partial charge in [0.15, 0.2) is 0 Å². The van der Waals surface area contributed by atoms with Gasteiger partial charge in [-0.05, 0) is 18.4 Å². The van der Waals surface area contributed by atoms with Crippen molar-refractivity contribution in [2.75, 3.05) is 19.6 Å². The lowest BCUT2D eigenvalue weighted by Gasteiger charge is -2.20. The second kappa shape index (κ2) is 9.04. The van der Waals surface area contributed by atoms with Gasteiger partial charge in [-0.3, -0.25) is 10.2 Å². The molecule has 22 heavy (non-hydrogen) atoms. The summed E-state index contributed by atoms with van der Waals surface area (Å²) in [5.74, 6) is -0.224. The molecule has 1 aliphatic heterocycles. The minimum Gasteiger partial charge on any atom is -0.445 e. The molecule has 0 spiro atoms. The fourth-order valence-electron chi connectivity index (χ4n) is 2.32. The fourth-order valence-corrected chi connectivity index (χ4v) is 2.32. The van der Waals surface area contributed by atoms with Gasteiger partial charge in [-0.2, -0.15) is 0 Å². The van der Waals surface area contributed by atoms with Crippen LogP contribution in [0.2, 0.25) is 0 Å². The third kappa shape index (κ3) is 6.13. The summed E-state index contributed by atoms with van der Waals surface area (Å²) in [4.78, 5) is 23.3. The zero-order chi connectivity index (χ0) is 15.6.